The Balaban J connectivity index is 1.48. The summed E-state index contributed by atoms with van der Waals surface area (Å²) in [6.45, 7) is 5.62. The largest absolute Gasteiger partial charge is 0.357 e. The standard InChI is InChI=1S/C22H33N5O3/c1-15(2)21(24(3)4)22(30)23-17-10-20(29)27(12-17)18-13-26(14-18)19(28)7-6-16-8-9-25(5)11-16/h6-9,11,15,17-18,21H,10,12-14H2,1-5H3,(H,23,30)/b7-6+. The second kappa shape index (κ2) is 9.04. The van der Waals surface area contributed by atoms with Gasteiger partial charge >= 0.3 is 0 Å². The summed E-state index contributed by atoms with van der Waals surface area (Å²) >= 11 is 0. The van der Waals surface area contributed by atoms with Gasteiger partial charge in [0.1, 0.15) is 0 Å². The van der Waals surface area contributed by atoms with Gasteiger partial charge in [0.2, 0.25) is 17.7 Å². The number of aryl methyl sites for hydroxylation is 1. The lowest BCUT2D eigenvalue weighted by Gasteiger charge is -2.43. The number of rotatable bonds is 7. The Morgan fingerprint density at radius 1 is 1.23 bits per heavy atom. The lowest BCUT2D eigenvalue weighted by molar-refractivity contribution is -0.140. The average molecular weight is 416 g/mol. The van der Waals surface area contributed by atoms with E-state index in [2.05, 4.69) is 5.32 Å². The molecule has 8 heteroatoms. The minimum absolute atomic E-state index is 0.0308. The molecule has 2 saturated heterocycles. The van der Waals surface area contributed by atoms with Gasteiger partial charge in [-0.15, -0.1) is 0 Å². The van der Waals surface area contributed by atoms with Gasteiger partial charge in [-0.25, -0.2) is 0 Å². The number of likely N-dealkylation sites (tertiary alicyclic amines) is 2. The fourth-order valence-corrected chi connectivity index (χ4v) is 4.33. The van der Waals surface area contributed by atoms with Gasteiger partial charge in [-0.1, -0.05) is 13.8 Å². The van der Waals surface area contributed by atoms with Crippen LogP contribution in [0, 0.1) is 5.92 Å². The maximum absolute atomic E-state index is 12.6. The number of likely N-dealkylation sites (N-methyl/N-ethyl adjacent to an activating group) is 1. The van der Waals surface area contributed by atoms with Crippen LogP contribution in [-0.2, 0) is 21.4 Å². The van der Waals surface area contributed by atoms with Crippen LogP contribution in [-0.4, -0.2) is 88.8 Å². The maximum atomic E-state index is 12.6. The van der Waals surface area contributed by atoms with Crippen molar-refractivity contribution in [2.24, 2.45) is 13.0 Å². The van der Waals surface area contributed by atoms with Gasteiger partial charge in [0, 0.05) is 51.6 Å². The molecule has 2 aliphatic heterocycles. The Morgan fingerprint density at radius 2 is 1.93 bits per heavy atom. The summed E-state index contributed by atoms with van der Waals surface area (Å²) in [6, 6.07) is 1.58. The molecule has 0 saturated carbocycles. The Morgan fingerprint density at radius 3 is 2.50 bits per heavy atom. The highest BCUT2D eigenvalue weighted by atomic mass is 16.2. The summed E-state index contributed by atoms with van der Waals surface area (Å²) in [6.07, 6.45) is 7.58. The minimum Gasteiger partial charge on any atom is -0.357 e. The number of amides is 3. The zero-order chi connectivity index (χ0) is 22.0. The molecular weight excluding hydrogens is 382 g/mol. The highest BCUT2D eigenvalue weighted by molar-refractivity contribution is 5.92. The van der Waals surface area contributed by atoms with Crippen LogP contribution in [0.4, 0.5) is 0 Å². The van der Waals surface area contributed by atoms with E-state index in [-0.39, 0.29) is 41.8 Å². The first-order valence-electron chi connectivity index (χ1n) is 10.5. The number of hydrogen-bond donors (Lipinski definition) is 1. The summed E-state index contributed by atoms with van der Waals surface area (Å²) in [5.41, 5.74) is 0.980. The number of carbonyl (C=O) groups excluding carboxylic acids is 3. The predicted molar refractivity (Wildman–Crippen MR) is 115 cm³/mol. The molecule has 8 nitrogen and oxygen atoms in total. The Bertz CT molecular complexity index is 814. The zero-order valence-electron chi connectivity index (χ0n) is 18.5. The van der Waals surface area contributed by atoms with Gasteiger partial charge in [-0.2, -0.15) is 0 Å². The minimum atomic E-state index is -0.220. The first-order chi connectivity index (χ1) is 14.2. The third kappa shape index (κ3) is 4.92. The normalized spacial score (nSPS) is 21.0. The van der Waals surface area contributed by atoms with Crippen LogP contribution in [0.25, 0.3) is 6.08 Å². The molecule has 3 heterocycles. The Kier molecular flexibility index (Phi) is 6.65. The lowest BCUT2D eigenvalue weighted by Crippen LogP contribution is -2.61. The molecule has 1 aromatic heterocycles. The molecule has 2 atom stereocenters. The molecule has 1 aromatic rings. The van der Waals surface area contributed by atoms with Gasteiger partial charge < -0.3 is 19.7 Å². The van der Waals surface area contributed by atoms with Gasteiger partial charge in [-0.05, 0) is 37.7 Å². The molecule has 0 aliphatic carbocycles. The summed E-state index contributed by atoms with van der Waals surface area (Å²) in [5.74, 6) is 0.148. The van der Waals surface area contributed by atoms with Crippen molar-refractivity contribution in [1.82, 2.24) is 24.6 Å². The van der Waals surface area contributed by atoms with Crippen molar-refractivity contribution in [1.29, 1.82) is 0 Å². The molecule has 3 amide bonds. The first kappa shape index (κ1) is 22.1. The van der Waals surface area contributed by atoms with Crippen molar-refractivity contribution in [2.45, 2.75) is 38.4 Å². The fraction of sp³-hybridized carbons (Fsp3) is 0.591. The Hall–Kier alpha value is -2.61. The molecule has 0 aromatic carbocycles. The van der Waals surface area contributed by atoms with Crippen LogP contribution < -0.4 is 5.32 Å². The summed E-state index contributed by atoms with van der Waals surface area (Å²) in [5, 5.41) is 3.04. The molecule has 30 heavy (non-hydrogen) atoms. The zero-order valence-corrected chi connectivity index (χ0v) is 18.5. The molecule has 2 unspecified atom stereocenters. The van der Waals surface area contributed by atoms with Crippen molar-refractivity contribution < 1.29 is 14.4 Å². The topological polar surface area (TPSA) is 77.9 Å². The van der Waals surface area contributed by atoms with Crippen LogP contribution in [0.15, 0.2) is 24.5 Å². The van der Waals surface area contributed by atoms with Gasteiger partial charge in [0.25, 0.3) is 0 Å². The molecule has 2 aliphatic rings. The molecule has 164 valence electrons. The van der Waals surface area contributed by atoms with E-state index < -0.39 is 0 Å². The molecular formula is C22H33N5O3. The second-order valence-electron chi connectivity index (χ2n) is 8.95. The van der Waals surface area contributed by atoms with Crippen LogP contribution in [0.2, 0.25) is 0 Å². The van der Waals surface area contributed by atoms with Crippen LogP contribution >= 0.6 is 0 Å². The van der Waals surface area contributed by atoms with Gasteiger partial charge in [-0.3, -0.25) is 19.3 Å². The van der Waals surface area contributed by atoms with E-state index >= 15 is 0 Å². The van der Waals surface area contributed by atoms with Crippen molar-refractivity contribution in [3.8, 4) is 0 Å². The highest BCUT2D eigenvalue weighted by Gasteiger charge is 2.42. The van der Waals surface area contributed by atoms with Crippen LogP contribution in [0.3, 0.4) is 0 Å². The Labute approximate surface area is 178 Å². The third-order valence-corrected chi connectivity index (χ3v) is 5.85. The highest BCUT2D eigenvalue weighted by Crippen LogP contribution is 2.22. The van der Waals surface area contributed by atoms with Crippen LogP contribution in [0.5, 0.6) is 0 Å². The number of carbonyl (C=O) groups is 3. The maximum Gasteiger partial charge on any atom is 0.246 e. The average Bonchev–Trinajstić information content (AvgIpc) is 3.16. The third-order valence-electron chi connectivity index (χ3n) is 5.85. The monoisotopic (exact) mass is 415 g/mol. The summed E-state index contributed by atoms with van der Waals surface area (Å²) in [4.78, 5) is 42.9. The molecule has 2 fully saturated rings. The van der Waals surface area contributed by atoms with Crippen molar-refractivity contribution in [2.75, 3.05) is 33.7 Å². The second-order valence-corrected chi connectivity index (χ2v) is 8.95. The van der Waals surface area contributed by atoms with Gasteiger partial charge in [0.15, 0.2) is 0 Å². The van der Waals surface area contributed by atoms with Gasteiger partial charge in [0.05, 0.1) is 18.1 Å². The molecule has 0 bridgehead atoms. The van der Waals surface area contributed by atoms with E-state index in [0.717, 1.165) is 5.56 Å². The fourth-order valence-electron chi connectivity index (χ4n) is 4.33. The number of nitrogens with one attached hydrogen (secondary N) is 1. The van der Waals surface area contributed by atoms with E-state index in [9.17, 15) is 14.4 Å². The van der Waals surface area contributed by atoms with Crippen LogP contribution in [0.1, 0.15) is 25.8 Å². The van der Waals surface area contributed by atoms with E-state index in [4.69, 9.17) is 0 Å². The molecule has 1 N–H and O–H groups in total. The SMILES string of the molecule is CC(C)C(C(=O)NC1CC(=O)N(C2CN(C(=O)/C=C/c3ccn(C)c3)C2)C1)N(C)C. The van der Waals surface area contributed by atoms with E-state index in [1.165, 1.54) is 0 Å². The van der Waals surface area contributed by atoms with Crippen molar-refractivity contribution in [3.63, 3.8) is 0 Å². The lowest BCUT2D eigenvalue weighted by atomic mass is 10.0. The first-order valence-corrected chi connectivity index (χ1v) is 10.5. The molecule has 0 spiro atoms. The number of hydrogen-bond acceptors (Lipinski definition) is 4. The molecule has 3 rings (SSSR count). The number of aromatic nitrogens is 1. The number of nitrogens with zero attached hydrogens (tertiary/aromatic N) is 4. The van der Waals surface area contributed by atoms with E-state index in [0.29, 0.717) is 26.1 Å². The smallest absolute Gasteiger partial charge is 0.246 e. The van der Waals surface area contributed by atoms with Crippen molar-refractivity contribution >= 4 is 23.8 Å². The van der Waals surface area contributed by atoms with E-state index in [1.54, 1.807) is 17.1 Å². The summed E-state index contributed by atoms with van der Waals surface area (Å²) in [7, 11) is 5.72. The van der Waals surface area contributed by atoms with Crippen molar-refractivity contribution in [3.05, 3.63) is 30.1 Å². The van der Waals surface area contributed by atoms with E-state index in [1.807, 2.05) is 67.8 Å². The summed E-state index contributed by atoms with van der Waals surface area (Å²) < 4.78 is 1.93. The molecule has 0 radical (unpaired) electrons. The predicted octanol–water partition coefficient (Wildman–Crippen LogP) is 0.552. The quantitative estimate of drug-likeness (QED) is 0.660.